The molecule has 1 amide bonds. The highest BCUT2D eigenvalue weighted by molar-refractivity contribution is 5.79. The molecule has 1 fully saturated rings. The summed E-state index contributed by atoms with van der Waals surface area (Å²) in [6.45, 7) is 10.9. The molecule has 0 saturated carbocycles. The monoisotopic (exact) mass is 533 g/mol. The average Bonchev–Trinajstić information content (AvgIpc) is 3.48. The van der Waals surface area contributed by atoms with Crippen LogP contribution in [0.5, 0.6) is 11.5 Å². The van der Waals surface area contributed by atoms with E-state index in [1.54, 1.807) is 0 Å². The molecule has 2 heterocycles. The third kappa shape index (κ3) is 7.18. The van der Waals surface area contributed by atoms with Crippen LogP contribution in [0.1, 0.15) is 83.3 Å². The zero-order valence-electron chi connectivity index (χ0n) is 23.6. The summed E-state index contributed by atoms with van der Waals surface area (Å²) in [4.78, 5) is 30.4. The minimum Gasteiger partial charge on any atom is -0.481 e. The second kappa shape index (κ2) is 13.6. The van der Waals surface area contributed by atoms with Gasteiger partial charge in [-0.2, -0.15) is 0 Å². The maximum Gasteiger partial charge on any atom is 0.308 e. The van der Waals surface area contributed by atoms with E-state index in [0.29, 0.717) is 49.7 Å². The fraction of sp³-hybridized carbons (Fsp3) is 0.724. The number of hydrogen-bond acceptors (Lipinski definition) is 7. The van der Waals surface area contributed by atoms with E-state index in [2.05, 4.69) is 32.6 Å². The van der Waals surface area contributed by atoms with Crippen molar-refractivity contribution >= 4 is 11.9 Å². The van der Waals surface area contributed by atoms with E-state index in [1.165, 1.54) is 0 Å². The van der Waals surface area contributed by atoms with Gasteiger partial charge in [-0.25, -0.2) is 0 Å². The summed E-state index contributed by atoms with van der Waals surface area (Å²) in [6, 6.07) is 3.38. The van der Waals surface area contributed by atoms with E-state index < -0.39 is 11.9 Å². The lowest BCUT2D eigenvalue weighted by Gasteiger charge is -2.35. The van der Waals surface area contributed by atoms with Crippen molar-refractivity contribution in [3.63, 3.8) is 0 Å². The number of carbonyl (C=O) groups excluding carboxylic acids is 1. The van der Waals surface area contributed by atoms with Gasteiger partial charge >= 0.3 is 5.97 Å². The van der Waals surface area contributed by atoms with Crippen LogP contribution in [0.2, 0.25) is 0 Å². The number of unbranched alkanes of at least 4 members (excludes halogenated alkanes) is 1. The van der Waals surface area contributed by atoms with Crippen molar-refractivity contribution in [1.82, 2.24) is 9.80 Å². The predicted octanol–water partition coefficient (Wildman–Crippen LogP) is 3.57. The number of hydrogen-bond donors (Lipinski definition) is 3. The lowest BCUT2D eigenvalue weighted by atomic mass is 9.76. The van der Waals surface area contributed by atoms with Gasteiger partial charge in [0.1, 0.15) is 0 Å². The molecule has 0 unspecified atom stereocenters. The maximum atomic E-state index is 13.5. The van der Waals surface area contributed by atoms with Crippen molar-refractivity contribution in [2.24, 2.45) is 17.1 Å². The highest BCUT2D eigenvalue weighted by Crippen LogP contribution is 2.46. The SMILES string of the molecule is CCCCN(CCCN)C(=O)CN1C[C@H](c2cc(CO)c3c(c2)OCO3)[C@@H](C(=O)O)[C@@H]1CC(C)(C)CCC. The first kappa shape index (κ1) is 30.2. The summed E-state index contributed by atoms with van der Waals surface area (Å²) >= 11 is 0. The Morgan fingerprint density at radius 3 is 2.53 bits per heavy atom. The third-order valence-corrected chi connectivity index (χ3v) is 8.00. The number of aliphatic hydroxyl groups excluding tert-OH is 1. The number of likely N-dealkylation sites (tertiary alicyclic amines) is 1. The molecule has 0 radical (unpaired) electrons. The summed E-state index contributed by atoms with van der Waals surface area (Å²) < 4.78 is 11.1. The number of aliphatic hydroxyl groups is 1. The molecular formula is C29H47N3O6. The van der Waals surface area contributed by atoms with E-state index in [0.717, 1.165) is 37.7 Å². The predicted molar refractivity (Wildman–Crippen MR) is 146 cm³/mol. The number of carboxylic acid groups (broad SMARTS) is 1. The van der Waals surface area contributed by atoms with E-state index in [1.807, 2.05) is 17.0 Å². The quantitative estimate of drug-likeness (QED) is 0.312. The lowest BCUT2D eigenvalue weighted by Crippen LogP contribution is -2.46. The third-order valence-electron chi connectivity index (χ3n) is 8.00. The number of nitrogens with zero attached hydrogens (tertiary/aromatic N) is 2. The standard InChI is InChI=1S/C29H47N3O6/c1-5-7-11-31(12-8-10-30)25(34)17-32-16-22(20-13-21(18-33)27-24(14-20)37-19-38-27)26(28(35)36)23(32)15-29(3,4)9-6-2/h13-14,22-23,26,33H,5-12,15-19,30H2,1-4H3,(H,35,36)/t22-,23+,26-/m1/s1. The average molecular weight is 534 g/mol. The van der Waals surface area contributed by atoms with Crippen LogP contribution in [0.25, 0.3) is 0 Å². The molecule has 1 saturated heterocycles. The first-order valence-electron chi connectivity index (χ1n) is 14.1. The fourth-order valence-corrected chi connectivity index (χ4v) is 6.13. The number of benzene rings is 1. The summed E-state index contributed by atoms with van der Waals surface area (Å²) in [5.74, 6) is -0.844. The van der Waals surface area contributed by atoms with Gasteiger partial charge in [-0.05, 0) is 55.3 Å². The first-order valence-corrected chi connectivity index (χ1v) is 14.1. The Morgan fingerprint density at radius 1 is 1.16 bits per heavy atom. The zero-order chi connectivity index (χ0) is 27.9. The van der Waals surface area contributed by atoms with Gasteiger partial charge in [-0.15, -0.1) is 0 Å². The van der Waals surface area contributed by atoms with Gasteiger partial charge in [0.2, 0.25) is 12.7 Å². The Labute approximate surface area is 227 Å². The molecule has 2 aliphatic rings. The van der Waals surface area contributed by atoms with Crippen LogP contribution in [0.4, 0.5) is 0 Å². The van der Waals surface area contributed by atoms with Crippen LogP contribution >= 0.6 is 0 Å². The molecular weight excluding hydrogens is 486 g/mol. The lowest BCUT2D eigenvalue weighted by molar-refractivity contribution is -0.144. The second-order valence-corrected chi connectivity index (χ2v) is 11.5. The van der Waals surface area contributed by atoms with Crippen LogP contribution in [0.15, 0.2) is 12.1 Å². The highest BCUT2D eigenvalue weighted by atomic mass is 16.7. The number of carbonyl (C=O) groups is 2. The number of amides is 1. The summed E-state index contributed by atoms with van der Waals surface area (Å²) in [5, 5.41) is 20.5. The summed E-state index contributed by atoms with van der Waals surface area (Å²) in [6.07, 6.45) is 5.31. The van der Waals surface area contributed by atoms with Crippen LogP contribution < -0.4 is 15.2 Å². The molecule has 0 aliphatic carbocycles. The van der Waals surface area contributed by atoms with Crippen LogP contribution in [-0.2, 0) is 16.2 Å². The number of aliphatic carboxylic acids is 1. The molecule has 1 aromatic carbocycles. The van der Waals surface area contributed by atoms with Crippen LogP contribution in [-0.4, -0.2) is 77.4 Å². The minimum absolute atomic E-state index is 0.0247. The Bertz CT molecular complexity index is 944. The number of fused-ring (bicyclic) bond motifs is 1. The van der Waals surface area contributed by atoms with Crippen molar-refractivity contribution in [3.05, 3.63) is 23.3 Å². The molecule has 0 spiro atoms. The maximum absolute atomic E-state index is 13.5. The topological polar surface area (TPSA) is 126 Å². The van der Waals surface area contributed by atoms with Crippen molar-refractivity contribution in [2.75, 3.05) is 39.5 Å². The van der Waals surface area contributed by atoms with Gasteiger partial charge in [-0.3, -0.25) is 14.5 Å². The van der Waals surface area contributed by atoms with Gasteiger partial charge in [0, 0.05) is 37.2 Å². The van der Waals surface area contributed by atoms with Crippen LogP contribution in [0, 0.1) is 11.3 Å². The van der Waals surface area contributed by atoms with Gasteiger partial charge in [0.15, 0.2) is 11.5 Å². The summed E-state index contributed by atoms with van der Waals surface area (Å²) in [5.41, 5.74) is 7.04. The first-order chi connectivity index (χ1) is 18.1. The minimum atomic E-state index is -0.864. The molecule has 9 nitrogen and oxygen atoms in total. The van der Waals surface area contributed by atoms with Crippen molar-refractivity contribution < 1.29 is 29.3 Å². The second-order valence-electron chi connectivity index (χ2n) is 11.5. The molecule has 0 bridgehead atoms. The van der Waals surface area contributed by atoms with Gasteiger partial charge in [0.25, 0.3) is 0 Å². The van der Waals surface area contributed by atoms with Crippen molar-refractivity contribution in [1.29, 1.82) is 0 Å². The summed E-state index contributed by atoms with van der Waals surface area (Å²) in [7, 11) is 0. The number of carboxylic acids is 1. The number of ether oxygens (including phenoxy) is 2. The largest absolute Gasteiger partial charge is 0.481 e. The van der Waals surface area contributed by atoms with Crippen molar-refractivity contribution in [3.8, 4) is 11.5 Å². The Hall–Kier alpha value is -2.36. The molecule has 3 atom stereocenters. The van der Waals surface area contributed by atoms with Crippen LogP contribution in [0.3, 0.4) is 0 Å². The molecule has 1 aromatic rings. The van der Waals surface area contributed by atoms with Gasteiger partial charge in [-0.1, -0.05) is 40.5 Å². The number of nitrogens with two attached hydrogens (primary N) is 1. The van der Waals surface area contributed by atoms with E-state index in [-0.39, 0.29) is 43.2 Å². The molecule has 0 aromatic heterocycles. The van der Waals surface area contributed by atoms with Gasteiger partial charge < -0.3 is 30.3 Å². The molecule has 4 N–H and O–H groups in total. The smallest absolute Gasteiger partial charge is 0.308 e. The fourth-order valence-electron chi connectivity index (χ4n) is 6.13. The number of rotatable bonds is 15. The molecule has 9 heteroatoms. The molecule has 214 valence electrons. The molecule has 3 rings (SSSR count). The van der Waals surface area contributed by atoms with Gasteiger partial charge in [0.05, 0.1) is 19.1 Å². The van der Waals surface area contributed by atoms with E-state index in [9.17, 15) is 19.8 Å². The van der Waals surface area contributed by atoms with E-state index in [4.69, 9.17) is 15.2 Å². The normalized spacial score (nSPS) is 21.2. The highest BCUT2D eigenvalue weighted by Gasteiger charge is 2.49. The van der Waals surface area contributed by atoms with Crippen molar-refractivity contribution in [2.45, 2.75) is 84.8 Å². The zero-order valence-corrected chi connectivity index (χ0v) is 23.6. The molecule has 2 aliphatic heterocycles. The molecule has 38 heavy (non-hydrogen) atoms. The Balaban J connectivity index is 1.96. The van der Waals surface area contributed by atoms with E-state index >= 15 is 0 Å². The Kier molecular flexibility index (Phi) is 10.8. The Morgan fingerprint density at radius 2 is 1.89 bits per heavy atom.